The molecule has 0 bridgehead atoms. The van der Waals surface area contributed by atoms with Crippen molar-refractivity contribution in [2.45, 2.75) is 45.1 Å². The number of carbonyl (C=O) groups is 1. The van der Waals surface area contributed by atoms with Crippen LogP contribution < -0.4 is 0 Å². The van der Waals surface area contributed by atoms with Crippen molar-refractivity contribution >= 4 is 5.97 Å². The second-order valence-corrected chi connectivity index (χ2v) is 4.83. The van der Waals surface area contributed by atoms with E-state index in [0.717, 1.165) is 13.0 Å². The number of esters is 1. The van der Waals surface area contributed by atoms with Gasteiger partial charge in [-0.2, -0.15) is 26.3 Å². The van der Waals surface area contributed by atoms with Gasteiger partial charge in [0.05, 0.1) is 17.2 Å². The van der Waals surface area contributed by atoms with Gasteiger partial charge in [-0.05, 0) is 37.5 Å². The van der Waals surface area contributed by atoms with Crippen LogP contribution in [0.15, 0.2) is 18.2 Å². The van der Waals surface area contributed by atoms with Crippen molar-refractivity contribution in [2.24, 2.45) is 0 Å². The highest BCUT2D eigenvalue weighted by Crippen LogP contribution is 2.37. The number of benzene rings is 1. The van der Waals surface area contributed by atoms with E-state index in [4.69, 9.17) is 4.74 Å². The van der Waals surface area contributed by atoms with Crippen molar-refractivity contribution in [3.63, 3.8) is 0 Å². The first-order valence-electron chi connectivity index (χ1n) is 6.36. The highest BCUT2D eigenvalue weighted by Gasteiger charge is 2.37. The van der Waals surface area contributed by atoms with Gasteiger partial charge in [-0.3, -0.25) is 4.79 Å². The summed E-state index contributed by atoms with van der Waals surface area (Å²) >= 11 is 0. The summed E-state index contributed by atoms with van der Waals surface area (Å²) in [7, 11) is 0. The third-order valence-electron chi connectivity index (χ3n) is 2.93. The quantitative estimate of drug-likeness (QED) is 0.596. The summed E-state index contributed by atoms with van der Waals surface area (Å²) in [5.41, 5.74) is -2.94. The minimum atomic E-state index is -4.89. The van der Waals surface area contributed by atoms with Crippen LogP contribution in [-0.4, -0.2) is 12.1 Å². The zero-order valence-corrected chi connectivity index (χ0v) is 11.8. The van der Waals surface area contributed by atoms with E-state index in [9.17, 15) is 31.1 Å². The fourth-order valence-electron chi connectivity index (χ4n) is 1.94. The molecule has 0 saturated carbocycles. The first-order valence-corrected chi connectivity index (χ1v) is 6.36. The van der Waals surface area contributed by atoms with Crippen molar-refractivity contribution in [1.29, 1.82) is 0 Å². The van der Waals surface area contributed by atoms with Crippen LogP contribution in [0.1, 0.15) is 37.0 Å². The molecule has 8 heteroatoms. The molecule has 0 radical (unpaired) electrons. The molecule has 0 heterocycles. The number of halogens is 6. The molecular weight excluding hydrogens is 314 g/mol. The molecule has 0 aliphatic rings. The summed E-state index contributed by atoms with van der Waals surface area (Å²) in [6, 6.07) is 1.53. The Labute approximate surface area is 123 Å². The highest BCUT2D eigenvalue weighted by atomic mass is 19.4. The van der Waals surface area contributed by atoms with Crippen LogP contribution in [0.5, 0.6) is 0 Å². The van der Waals surface area contributed by atoms with Crippen LogP contribution >= 0.6 is 0 Å². The van der Waals surface area contributed by atoms with E-state index < -0.39 is 35.6 Å². The topological polar surface area (TPSA) is 26.3 Å². The van der Waals surface area contributed by atoms with Gasteiger partial charge >= 0.3 is 18.3 Å². The molecular formula is C14H14F6O2. The van der Waals surface area contributed by atoms with Crippen molar-refractivity contribution in [3.8, 4) is 0 Å². The largest absolute Gasteiger partial charge is 0.463 e. The second-order valence-electron chi connectivity index (χ2n) is 4.83. The van der Waals surface area contributed by atoms with Crippen molar-refractivity contribution in [2.75, 3.05) is 0 Å². The molecule has 0 saturated heterocycles. The van der Waals surface area contributed by atoms with Crippen LogP contribution in [0.25, 0.3) is 0 Å². The Kier molecular flexibility index (Phi) is 5.48. The monoisotopic (exact) mass is 328 g/mol. The third kappa shape index (κ3) is 5.23. The zero-order chi connectivity index (χ0) is 17.1. The smallest absolute Gasteiger partial charge is 0.416 e. The lowest BCUT2D eigenvalue weighted by Gasteiger charge is -2.17. The zero-order valence-electron chi connectivity index (χ0n) is 11.8. The highest BCUT2D eigenvalue weighted by molar-refractivity contribution is 5.66. The number of alkyl halides is 6. The Hall–Kier alpha value is -1.73. The Bertz CT molecular complexity index is 533. The van der Waals surface area contributed by atoms with Crippen LogP contribution in [0.2, 0.25) is 0 Å². The lowest BCUT2D eigenvalue weighted by Crippen LogP contribution is -2.16. The van der Waals surface area contributed by atoms with Crippen LogP contribution in [0, 0.1) is 0 Å². The molecule has 124 valence electrons. The van der Waals surface area contributed by atoms with Crippen molar-refractivity contribution < 1.29 is 35.9 Å². The summed E-state index contributed by atoms with van der Waals surface area (Å²) in [6.45, 7) is 2.66. The molecule has 1 rings (SSSR count). The van der Waals surface area contributed by atoms with E-state index in [1.54, 1.807) is 0 Å². The van der Waals surface area contributed by atoms with E-state index >= 15 is 0 Å². The van der Waals surface area contributed by atoms with Crippen molar-refractivity contribution in [3.05, 3.63) is 34.9 Å². The van der Waals surface area contributed by atoms with Crippen LogP contribution in [0.4, 0.5) is 26.3 Å². The first-order chi connectivity index (χ1) is 9.91. The van der Waals surface area contributed by atoms with Gasteiger partial charge in [-0.1, -0.05) is 6.07 Å². The number of carbonyl (C=O) groups excluding carboxylic acids is 1. The molecule has 2 nitrogen and oxygen atoms in total. The predicted molar refractivity (Wildman–Crippen MR) is 66.0 cm³/mol. The molecule has 0 amide bonds. The van der Waals surface area contributed by atoms with Gasteiger partial charge in [0.2, 0.25) is 0 Å². The molecule has 1 unspecified atom stereocenters. The second kappa shape index (κ2) is 6.58. The summed E-state index contributed by atoms with van der Waals surface area (Å²) in [5.74, 6) is -0.573. The summed E-state index contributed by atoms with van der Waals surface area (Å²) < 4.78 is 81.0. The van der Waals surface area contributed by atoms with E-state index in [1.165, 1.54) is 6.92 Å². The Morgan fingerprint density at radius 3 is 2.18 bits per heavy atom. The standard InChI is InChI=1S/C14H14F6O2/c1-8(22-9(2)21)3-4-10-5-6-11(13(15,16)17)7-12(10)14(18,19)20/h5-8H,3-4H2,1-2H3. The number of hydrogen-bond acceptors (Lipinski definition) is 2. The number of aryl methyl sites for hydroxylation is 1. The van der Waals surface area contributed by atoms with Gasteiger partial charge in [0, 0.05) is 6.92 Å². The minimum Gasteiger partial charge on any atom is -0.463 e. The maximum atomic E-state index is 12.9. The Morgan fingerprint density at radius 1 is 1.14 bits per heavy atom. The number of hydrogen-bond donors (Lipinski definition) is 0. The lowest BCUT2D eigenvalue weighted by atomic mass is 9.98. The predicted octanol–water partition coefficient (Wildman–Crippen LogP) is 4.61. The molecule has 0 aliphatic carbocycles. The Balaban J connectivity index is 3.02. The normalized spacial score (nSPS) is 13.8. The summed E-state index contributed by atoms with van der Waals surface area (Å²) in [6.07, 6.45) is -10.4. The molecule has 0 N–H and O–H groups in total. The molecule has 0 aliphatic heterocycles. The molecule has 22 heavy (non-hydrogen) atoms. The maximum Gasteiger partial charge on any atom is 0.416 e. The van der Waals surface area contributed by atoms with Crippen LogP contribution in [-0.2, 0) is 28.3 Å². The van der Waals surface area contributed by atoms with E-state index in [0.29, 0.717) is 6.07 Å². The van der Waals surface area contributed by atoms with Gasteiger partial charge in [0.25, 0.3) is 0 Å². The average molecular weight is 328 g/mol. The molecule has 1 aromatic rings. The van der Waals surface area contributed by atoms with Gasteiger partial charge in [-0.25, -0.2) is 0 Å². The molecule has 0 spiro atoms. The lowest BCUT2D eigenvalue weighted by molar-refractivity contribution is -0.147. The van der Waals surface area contributed by atoms with Crippen molar-refractivity contribution in [1.82, 2.24) is 0 Å². The third-order valence-corrected chi connectivity index (χ3v) is 2.93. The van der Waals surface area contributed by atoms with Gasteiger partial charge in [0.15, 0.2) is 0 Å². The summed E-state index contributed by atoms with van der Waals surface area (Å²) in [4.78, 5) is 10.7. The van der Waals surface area contributed by atoms with Gasteiger partial charge in [0.1, 0.15) is 0 Å². The molecule has 0 aromatic heterocycles. The Morgan fingerprint density at radius 2 is 1.73 bits per heavy atom. The maximum absolute atomic E-state index is 12.9. The van der Waals surface area contributed by atoms with Gasteiger partial charge in [-0.15, -0.1) is 0 Å². The number of rotatable bonds is 4. The van der Waals surface area contributed by atoms with Gasteiger partial charge < -0.3 is 4.74 Å². The average Bonchev–Trinajstić information content (AvgIpc) is 2.33. The molecule has 1 aromatic carbocycles. The van der Waals surface area contributed by atoms with E-state index in [-0.39, 0.29) is 24.5 Å². The SMILES string of the molecule is CC(=O)OC(C)CCc1ccc(C(F)(F)F)cc1C(F)(F)F. The fourth-order valence-corrected chi connectivity index (χ4v) is 1.94. The molecule has 1 atom stereocenters. The van der Waals surface area contributed by atoms with E-state index in [1.807, 2.05) is 0 Å². The fraction of sp³-hybridized carbons (Fsp3) is 0.500. The van der Waals surface area contributed by atoms with E-state index in [2.05, 4.69) is 0 Å². The number of ether oxygens (including phenoxy) is 1. The first kappa shape index (κ1) is 18.3. The molecule has 0 fully saturated rings. The summed E-state index contributed by atoms with van der Waals surface area (Å²) in [5, 5.41) is 0. The van der Waals surface area contributed by atoms with Crippen LogP contribution in [0.3, 0.4) is 0 Å². The minimum absolute atomic E-state index is 0.0774.